The minimum atomic E-state index is -0.148. The van der Waals surface area contributed by atoms with Gasteiger partial charge in [-0.1, -0.05) is 23.8 Å². The Morgan fingerprint density at radius 2 is 1.69 bits per heavy atom. The highest BCUT2D eigenvalue weighted by Crippen LogP contribution is 2.33. The zero-order valence-electron chi connectivity index (χ0n) is 17.0. The molecule has 3 aromatic rings. The molecule has 0 saturated carbocycles. The van der Waals surface area contributed by atoms with Crippen molar-refractivity contribution < 1.29 is 14.3 Å². The molecule has 1 amide bonds. The van der Waals surface area contributed by atoms with E-state index in [1.165, 1.54) is 0 Å². The molecule has 0 atom stereocenters. The molecule has 0 radical (unpaired) electrons. The maximum absolute atomic E-state index is 12.0. The first-order valence-electron chi connectivity index (χ1n) is 9.26. The summed E-state index contributed by atoms with van der Waals surface area (Å²) in [6, 6.07) is 19.1. The average molecular weight is 388 g/mol. The van der Waals surface area contributed by atoms with Gasteiger partial charge in [-0.05, 0) is 56.3 Å². The summed E-state index contributed by atoms with van der Waals surface area (Å²) in [5.74, 6) is 1.31. The lowest BCUT2D eigenvalue weighted by molar-refractivity contribution is -0.111. The summed E-state index contributed by atoms with van der Waals surface area (Å²) in [5, 5.41) is 2.88. The monoisotopic (exact) mass is 388 g/mol. The lowest BCUT2D eigenvalue weighted by atomic mass is 10.1. The van der Waals surface area contributed by atoms with Crippen molar-refractivity contribution in [3.05, 3.63) is 72.3 Å². The van der Waals surface area contributed by atoms with Gasteiger partial charge in [-0.25, -0.2) is 4.98 Å². The minimum Gasteiger partial charge on any atom is -0.497 e. The first-order valence-corrected chi connectivity index (χ1v) is 9.26. The molecule has 5 nitrogen and oxygen atoms in total. The average Bonchev–Trinajstić information content (AvgIpc) is 2.73. The Bertz CT molecular complexity index is 1050. The minimum absolute atomic E-state index is 0.148. The summed E-state index contributed by atoms with van der Waals surface area (Å²) in [4.78, 5) is 16.8. The van der Waals surface area contributed by atoms with Crippen LogP contribution in [0.2, 0.25) is 0 Å². The van der Waals surface area contributed by atoms with Crippen molar-refractivity contribution in [3.63, 3.8) is 0 Å². The highest BCUT2D eigenvalue weighted by atomic mass is 16.5. The van der Waals surface area contributed by atoms with Crippen LogP contribution in [-0.4, -0.2) is 25.1 Å². The number of amides is 1. The molecule has 0 aliphatic heterocycles. The fourth-order valence-corrected chi connectivity index (χ4v) is 2.96. The number of benzene rings is 2. The van der Waals surface area contributed by atoms with E-state index in [4.69, 9.17) is 14.5 Å². The number of allylic oxidation sites excluding steroid dienone is 1. The Balaban J connectivity index is 1.96. The van der Waals surface area contributed by atoms with Crippen LogP contribution in [0, 0.1) is 0 Å². The van der Waals surface area contributed by atoms with Gasteiger partial charge in [-0.2, -0.15) is 0 Å². The fraction of sp³-hybridized carbons (Fsp3) is 0.167. The molecule has 1 heterocycles. The van der Waals surface area contributed by atoms with Crippen molar-refractivity contribution in [1.29, 1.82) is 0 Å². The Morgan fingerprint density at radius 1 is 0.931 bits per heavy atom. The maximum Gasteiger partial charge on any atom is 0.248 e. The zero-order valence-corrected chi connectivity index (χ0v) is 17.0. The first-order chi connectivity index (χ1) is 14.0. The second-order valence-corrected chi connectivity index (χ2v) is 6.77. The van der Waals surface area contributed by atoms with E-state index in [1.807, 2.05) is 74.5 Å². The molecule has 0 bridgehead atoms. The highest BCUT2D eigenvalue weighted by molar-refractivity contribution is 6.00. The Labute approximate surface area is 171 Å². The second-order valence-electron chi connectivity index (χ2n) is 6.77. The highest BCUT2D eigenvalue weighted by Gasteiger charge is 2.11. The molecule has 1 N–H and O–H groups in total. The van der Waals surface area contributed by atoms with Crippen LogP contribution in [0.5, 0.6) is 11.5 Å². The molecule has 29 heavy (non-hydrogen) atoms. The number of rotatable bonds is 6. The largest absolute Gasteiger partial charge is 0.497 e. The molecular weight excluding hydrogens is 364 g/mol. The lowest BCUT2D eigenvalue weighted by Gasteiger charge is -2.11. The third-order valence-electron chi connectivity index (χ3n) is 4.28. The van der Waals surface area contributed by atoms with E-state index < -0.39 is 0 Å². The molecule has 1 aromatic heterocycles. The van der Waals surface area contributed by atoms with E-state index in [0.29, 0.717) is 0 Å². The van der Waals surface area contributed by atoms with Crippen LogP contribution in [0.25, 0.3) is 22.5 Å². The number of anilines is 1. The van der Waals surface area contributed by atoms with Crippen molar-refractivity contribution in [2.24, 2.45) is 0 Å². The molecule has 0 fully saturated rings. The fourth-order valence-electron chi connectivity index (χ4n) is 2.96. The smallest absolute Gasteiger partial charge is 0.248 e. The van der Waals surface area contributed by atoms with Gasteiger partial charge in [0.05, 0.1) is 25.6 Å². The van der Waals surface area contributed by atoms with E-state index in [2.05, 4.69) is 5.32 Å². The molecular formula is C24H24N2O3. The maximum atomic E-state index is 12.0. The third kappa shape index (κ3) is 5.02. The second kappa shape index (κ2) is 9.06. The van der Waals surface area contributed by atoms with Crippen LogP contribution in [0.4, 0.5) is 5.69 Å². The van der Waals surface area contributed by atoms with Gasteiger partial charge in [-0.3, -0.25) is 4.79 Å². The molecule has 148 valence electrons. The number of aromatic nitrogens is 1. The van der Waals surface area contributed by atoms with Crippen LogP contribution in [-0.2, 0) is 4.79 Å². The molecule has 3 rings (SSSR count). The van der Waals surface area contributed by atoms with Crippen molar-refractivity contribution in [1.82, 2.24) is 4.98 Å². The first kappa shape index (κ1) is 20.1. The predicted octanol–water partition coefficient (Wildman–Crippen LogP) is 5.34. The molecule has 5 heteroatoms. The molecule has 0 unspecified atom stereocenters. The van der Waals surface area contributed by atoms with E-state index in [-0.39, 0.29) is 5.91 Å². The van der Waals surface area contributed by atoms with E-state index >= 15 is 0 Å². The van der Waals surface area contributed by atoms with Crippen molar-refractivity contribution in [3.8, 4) is 34.0 Å². The van der Waals surface area contributed by atoms with Crippen LogP contribution in [0.15, 0.2) is 72.3 Å². The summed E-state index contributed by atoms with van der Waals surface area (Å²) < 4.78 is 10.8. The van der Waals surface area contributed by atoms with E-state index in [9.17, 15) is 4.79 Å². The molecule has 2 aromatic carbocycles. The number of methoxy groups -OCH3 is 2. The van der Waals surface area contributed by atoms with Crippen molar-refractivity contribution in [2.75, 3.05) is 19.5 Å². The quantitative estimate of drug-likeness (QED) is 0.579. The summed E-state index contributed by atoms with van der Waals surface area (Å²) in [6.45, 7) is 3.77. The van der Waals surface area contributed by atoms with Crippen molar-refractivity contribution in [2.45, 2.75) is 13.8 Å². The van der Waals surface area contributed by atoms with Gasteiger partial charge in [-0.15, -0.1) is 0 Å². The number of carbonyl (C=O) groups excluding carboxylic acids is 1. The van der Waals surface area contributed by atoms with E-state index in [0.717, 1.165) is 45.3 Å². The number of nitrogens with zero attached hydrogens (tertiary/aromatic N) is 1. The van der Waals surface area contributed by atoms with Gasteiger partial charge in [0.2, 0.25) is 5.91 Å². The number of carbonyl (C=O) groups is 1. The van der Waals surface area contributed by atoms with Crippen molar-refractivity contribution >= 4 is 11.6 Å². The number of hydrogen-bond donors (Lipinski definition) is 1. The van der Waals surface area contributed by atoms with Gasteiger partial charge in [0.15, 0.2) is 0 Å². The number of hydrogen-bond acceptors (Lipinski definition) is 4. The third-order valence-corrected chi connectivity index (χ3v) is 4.28. The van der Waals surface area contributed by atoms with Gasteiger partial charge in [0, 0.05) is 22.9 Å². The lowest BCUT2D eigenvalue weighted by Crippen LogP contribution is -2.08. The molecule has 0 aliphatic rings. The van der Waals surface area contributed by atoms with E-state index in [1.54, 1.807) is 20.3 Å². The normalized spacial score (nSPS) is 10.2. The van der Waals surface area contributed by atoms with Gasteiger partial charge < -0.3 is 14.8 Å². The zero-order chi connectivity index (χ0) is 20.8. The topological polar surface area (TPSA) is 60.5 Å². The molecule has 0 saturated heterocycles. The van der Waals surface area contributed by atoms with Gasteiger partial charge in [0.25, 0.3) is 0 Å². The van der Waals surface area contributed by atoms with Crippen LogP contribution < -0.4 is 14.8 Å². The van der Waals surface area contributed by atoms with Crippen LogP contribution in [0.3, 0.4) is 0 Å². The molecule has 0 spiro atoms. The summed E-state index contributed by atoms with van der Waals surface area (Å²) >= 11 is 0. The van der Waals surface area contributed by atoms with Crippen LogP contribution in [0.1, 0.15) is 13.8 Å². The Kier molecular flexibility index (Phi) is 6.29. The summed E-state index contributed by atoms with van der Waals surface area (Å²) in [7, 11) is 3.26. The summed E-state index contributed by atoms with van der Waals surface area (Å²) in [5.41, 5.74) is 4.99. The predicted molar refractivity (Wildman–Crippen MR) is 116 cm³/mol. The Morgan fingerprint density at radius 3 is 2.41 bits per heavy atom. The summed E-state index contributed by atoms with van der Waals surface area (Å²) in [6.07, 6.45) is 1.57. The Hall–Kier alpha value is -3.60. The van der Waals surface area contributed by atoms with Gasteiger partial charge in [0.1, 0.15) is 11.5 Å². The molecule has 0 aliphatic carbocycles. The number of pyridine rings is 1. The van der Waals surface area contributed by atoms with Gasteiger partial charge >= 0.3 is 0 Å². The standard InChI is InChI=1S/C24H24N2O3/c1-16(2)13-24(27)25-18-8-5-7-17(14-18)21-9-6-10-22(26-21)20-15-19(28-3)11-12-23(20)29-4/h5-15H,1-4H3,(H,25,27). The SMILES string of the molecule is COc1ccc(OC)c(-c2cccc(-c3cccc(NC(=O)C=C(C)C)c3)n2)c1. The number of nitrogens with one attached hydrogen (secondary N) is 1. The van der Waals surface area contributed by atoms with Crippen LogP contribution >= 0.6 is 0 Å². The number of ether oxygens (including phenoxy) is 2.